The lowest BCUT2D eigenvalue weighted by atomic mass is 9.96. The molecule has 1 N–H and O–H groups in total. The SMILES string of the molecule is Cc1cc(OC2CCCCCCC2O)ccc1F. The third-order valence-corrected chi connectivity index (χ3v) is 3.58. The Bertz CT molecular complexity index is 392. The molecule has 1 saturated carbocycles. The van der Waals surface area contributed by atoms with E-state index in [0.29, 0.717) is 11.3 Å². The van der Waals surface area contributed by atoms with Crippen LogP contribution in [0.25, 0.3) is 0 Å². The molecule has 3 heteroatoms. The van der Waals surface area contributed by atoms with Gasteiger partial charge in [-0.15, -0.1) is 0 Å². The Hall–Kier alpha value is -1.09. The van der Waals surface area contributed by atoms with Crippen molar-refractivity contribution in [3.63, 3.8) is 0 Å². The van der Waals surface area contributed by atoms with Crippen LogP contribution in [0.2, 0.25) is 0 Å². The fourth-order valence-corrected chi connectivity index (χ4v) is 2.43. The third-order valence-electron chi connectivity index (χ3n) is 3.58. The highest BCUT2D eigenvalue weighted by Crippen LogP contribution is 2.24. The van der Waals surface area contributed by atoms with Crippen molar-refractivity contribution in [1.29, 1.82) is 0 Å². The van der Waals surface area contributed by atoms with Crippen molar-refractivity contribution < 1.29 is 14.2 Å². The maximum atomic E-state index is 13.2. The molecule has 2 rings (SSSR count). The highest BCUT2D eigenvalue weighted by atomic mass is 19.1. The molecule has 0 bridgehead atoms. The Morgan fingerprint density at radius 1 is 1.17 bits per heavy atom. The molecular weight excluding hydrogens is 231 g/mol. The highest BCUT2D eigenvalue weighted by molar-refractivity contribution is 5.29. The molecule has 0 amide bonds. The molecule has 1 fully saturated rings. The zero-order chi connectivity index (χ0) is 13.0. The maximum Gasteiger partial charge on any atom is 0.126 e. The average molecular weight is 252 g/mol. The van der Waals surface area contributed by atoms with Gasteiger partial charge in [-0.2, -0.15) is 0 Å². The van der Waals surface area contributed by atoms with Crippen LogP contribution in [0.15, 0.2) is 18.2 Å². The van der Waals surface area contributed by atoms with Gasteiger partial charge in [-0.05, 0) is 49.9 Å². The fourth-order valence-electron chi connectivity index (χ4n) is 2.43. The van der Waals surface area contributed by atoms with E-state index < -0.39 is 6.10 Å². The number of ether oxygens (including phenoxy) is 1. The summed E-state index contributed by atoms with van der Waals surface area (Å²) < 4.78 is 19.0. The number of aliphatic hydroxyl groups excluding tert-OH is 1. The number of aryl methyl sites for hydroxylation is 1. The van der Waals surface area contributed by atoms with Crippen LogP contribution in [-0.4, -0.2) is 17.3 Å². The third kappa shape index (κ3) is 3.45. The van der Waals surface area contributed by atoms with Gasteiger partial charge in [0, 0.05) is 0 Å². The summed E-state index contributed by atoms with van der Waals surface area (Å²) in [5.74, 6) is 0.430. The first-order valence-corrected chi connectivity index (χ1v) is 6.77. The second kappa shape index (κ2) is 6.19. The molecule has 1 aromatic carbocycles. The van der Waals surface area contributed by atoms with Crippen LogP contribution in [0.4, 0.5) is 4.39 Å². The molecule has 0 aliphatic heterocycles. The molecule has 1 aliphatic carbocycles. The van der Waals surface area contributed by atoms with Crippen LogP contribution in [0.1, 0.15) is 44.1 Å². The molecule has 0 heterocycles. The summed E-state index contributed by atoms with van der Waals surface area (Å²) in [6.07, 6.45) is 5.65. The van der Waals surface area contributed by atoms with E-state index in [1.165, 1.54) is 18.9 Å². The predicted octanol–water partition coefficient (Wildman–Crippen LogP) is 3.60. The van der Waals surface area contributed by atoms with E-state index in [1.807, 2.05) is 0 Å². The van der Waals surface area contributed by atoms with Gasteiger partial charge in [-0.1, -0.05) is 19.3 Å². The lowest BCUT2D eigenvalue weighted by molar-refractivity contribution is 0.0187. The molecule has 2 unspecified atom stereocenters. The van der Waals surface area contributed by atoms with E-state index in [1.54, 1.807) is 19.1 Å². The van der Waals surface area contributed by atoms with Crippen LogP contribution in [-0.2, 0) is 0 Å². The van der Waals surface area contributed by atoms with Gasteiger partial charge in [-0.25, -0.2) is 4.39 Å². The van der Waals surface area contributed by atoms with E-state index in [2.05, 4.69) is 0 Å². The van der Waals surface area contributed by atoms with Crippen LogP contribution in [0, 0.1) is 12.7 Å². The fraction of sp³-hybridized carbons (Fsp3) is 0.600. The van der Waals surface area contributed by atoms with Gasteiger partial charge < -0.3 is 9.84 Å². The quantitative estimate of drug-likeness (QED) is 0.871. The first kappa shape index (κ1) is 13.3. The molecule has 1 aliphatic rings. The summed E-state index contributed by atoms with van der Waals surface area (Å²) in [7, 11) is 0. The number of rotatable bonds is 2. The van der Waals surface area contributed by atoms with Crippen molar-refractivity contribution in [3.8, 4) is 5.75 Å². The van der Waals surface area contributed by atoms with Gasteiger partial charge >= 0.3 is 0 Å². The number of hydrogen-bond donors (Lipinski definition) is 1. The van der Waals surface area contributed by atoms with Crippen molar-refractivity contribution in [2.24, 2.45) is 0 Å². The zero-order valence-electron chi connectivity index (χ0n) is 10.9. The van der Waals surface area contributed by atoms with Crippen LogP contribution in [0.5, 0.6) is 5.75 Å². The summed E-state index contributed by atoms with van der Waals surface area (Å²) in [4.78, 5) is 0. The van der Waals surface area contributed by atoms with Crippen LogP contribution < -0.4 is 4.74 Å². The van der Waals surface area contributed by atoms with Gasteiger partial charge in [-0.3, -0.25) is 0 Å². The minimum atomic E-state index is -0.407. The molecular formula is C15H21FO2. The highest BCUT2D eigenvalue weighted by Gasteiger charge is 2.22. The second-order valence-electron chi connectivity index (χ2n) is 5.13. The Labute approximate surface area is 108 Å². The van der Waals surface area contributed by atoms with E-state index in [9.17, 15) is 9.50 Å². The van der Waals surface area contributed by atoms with Gasteiger partial charge in [0.15, 0.2) is 0 Å². The molecule has 18 heavy (non-hydrogen) atoms. The smallest absolute Gasteiger partial charge is 0.126 e. The normalized spacial score (nSPS) is 25.3. The Morgan fingerprint density at radius 3 is 2.61 bits per heavy atom. The molecule has 2 atom stereocenters. The molecule has 0 radical (unpaired) electrons. The van der Waals surface area contributed by atoms with E-state index in [4.69, 9.17) is 4.74 Å². The van der Waals surface area contributed by atoms with Crippen molar-refractivity contribution in [3.05, 3.63) is 29.6 Å². The zero-order valence-corrected chi connectivity index (χ0v) is 10.9. The minimum Gasteiger partial charge on any atom is -0.488 e. The van der Waals surface area contributed by atoms with Gasteiger partial charge in [0.1, 0.15) is 17.7 Å². The first-order chi connectivity index (χ1) is 8.66. The van der Waals surface area contributed by atoms with Crippen LogP contribution >= 0.6 is 0 Å². The number of hydrogen-bond acceptors (Lipinski definition) is 2. The van der Waals surface area contributed by atoms with Gasteiger partial charge in [0.05, 0.1) is 6.10 Å². The molecule has 100 valence electrons. The summed E-state index contributed by atoms with van der Waals surface area (Å²) in [5, 5.41) is 10.1. The van der Waals surface area contributed by atoms with Gasteiger partial charge in [0.2, 0.25) is 0 Å². The lowest BCUT2D eigenvalue weighted by Gasteiger charge is -2.26. The van der Waals surface area contributed by atoms with Gasteiger partial charge in [0.25, 0.3) is 0 Å². The summed E-state index contributed by atoms with van der Waals surface area (Å²) >= 11 is 0. The Morgan fingerprint density at radius 2 is 1.89 bits per heavy atom. The largest absolute Gasteiger partial charge is 0.488 e. The maximum absolute atomic E-state index is 13.2. The molecule has 0 aromatic heterocycles. The summed E-state index contributed by atoms with van der Waals surface area (Å²) in [6, 6.07) is 4.74. The van der Waals surface area contributed by atoms with E-state index in [-0.39, 0.29) is 11.9 Å². The van der Waals surface area contributed by atoms with E-state index in [0.717, 1.165) is 25.7 Å². The monoisotopic (exact) mass is 252 g/mol. The van der Waals surface area contributed by atoms with E-state index >= 15 is 0 Å². The number of benzene rings is 1. The first-order valence-electron chi connectivity index (χ1n) is 6.77. The average Bonchev–Trinajstić information content (AvgIpc) is 2.33. The molecule has 1 aromatic rings. The topological polar surface area (TPSA) is 29.5 Å². The lowest BCUT2D eigenvalue weighted by Crippen LogP contribution is -2.32. The molecule has 0 saturated heterocycles. The predicted molar refractivity (Wildman–Crippen MR) is 69.3 cm³/mol. The second-order valence-corrected chi connectivity index (χ2v) is 5.13. The van der Waals surface area contributed by atoms with Crippen molar-refractivity contribution >= 4 is 0 Å². The van der Waals surface area contributed by atoms with Crippen molar-refractivity contribution in [1.82, 2.24) is 0 Å². The standard InChI is InChI=1S/C15H21FO2/c1-11-10-12(8-9-13(11)16)18-15-7-5-3-2-4-6-14(15)17/h8-10,14-15,17H,2-7H2,1H3. The Balaban J connectivity index is 2.03. The summed E-state index contributed by atoms with van der Waals surface area (Å²) in [5.41, 5.74) is 0.577. The minimum absolute atomic E-state index is 0.157. The Kier molecular flexibility index (Phi) is 4.59. The van der Waals surface area contributed by atoms with Crippen molar-refractivity contribution in [2.75, 3.05) is 0 Å². The molecule has 2 nitrogen and oxygen atoms in total. The molecule has 0 spiro atoms. The number of halogens is 1. The van der Waals surface area contributed by atoms with Crippen LogP contribution in [0.3, 0.4) is 0 Å². The number of aliphatic hydroxyl groups is 1. The summed E-state index contributed by atoms with van der Waals surface area (Å²) in [6.45, 7) is 1.72. The van der Waals surface area contributed by atoms with Crippen molar-refractivity contribution in [2.45, 2.75) is 57.7 Å².